The number of imide groups is 2. The largest absolute Gasteiger partial charge is 0.343 e. The summed E-state index contributed by atoms with van der Waals surface area (Å²) in [5.74, 6) is 0. The van der Waals surface area contributed by atoms with Crippen LogP contribution in [0.4, 0.5) is 21.0 Å². The average molecular weight is 441 g/mol. The molecule has 7 heteroatoms. The Kier molecular flexibility index (Phi) is 6.22. The fourth-order valence-electron chi connectivity index (χ4n) is 3.85. The van der Waals surface area contributed by atoms with Crippen LogP contribution in [0.1, 0.15) is 11.1 Å². The number of nitrogens with one attached hydrogen (secondary N) is 1. The molecule has 3 aromatic carbocycles. The maximum Gasteiger partial charge on any atom is 0.337 e. The summed E-state index contributed by atoms with van der Waals surface area (Å²) in [6, 6.07) is 23.0. The Bertz CT molecular complexity index is 1300. The van der Waals surface area contributed by atoms with Crippen molar-refractivity contribution in [2.24, 2.45) is 0 Å². The van der Waals surface area contributed by atoms with Crippen molar-refractivity contribution in [3.63, 3.8) is 0 Å². The first-order valence-electron chi connectivity index (χ1n) is 10.5. The summed E-state index contributed by atoms with van der Waals surface area (Å²) in [7, 11) is 1.60. The van der Waals surface area contributed by atoms with Gasteiger partial charge < -0.3 is 4.57 Å². The van der Waals surface area contributed by atoms with Gasteiger partial charge in [-0.2, -0.15) is 0 Å². The van der Waals surface area contributed by atoms with E-state index in [2.05, 4.69) is 28.2 Å². The molecule has 1 aromatic heterocycles. The molecule has 0 radical (unpaired) electrons. The minimum absolute atomic E-state index is 0.260. The third-order valence-corrected chi connectivity index (χ3v) is 5.53. The molecular formula is C26H24N4O3. The average Bonchev–Trinajstić information content (AvgIpc) is 3.14. The summed E-state index contributed by atoms with van der Waals surface area (Å²) in [5.41, 5.74) is 4.33. The molecule has 0 bridgehead atoms. The van der Waals surface area contributed by atoms with Gasteiger partial charge in [0.2, 0.25) is 6.41 Å². The Hall–Kier alpha value is -4.39. The zero-order chi connectivity index (χ0) is 23.4. The number of benzene rings is 3. The molecule has 0 aliphatic carbocycles. The number of amides is 5. The van der Waals surface area contributed by atoms with Gasteiger partial charge in [-0.05, 0) is 48.4 Å². The molecule has 0 spiro atoms. The van der Waals surface area contributed by atoms with Crippen LogP contribution in [-0.4, -0.2) is 30.1 Å². The predicted molar refractivity (Wildman–Crippen MR) is 130 cm³/mol. The first-order chi connectivity index (χ1) is 16.0. The zero-order valence-corrected chi connectivity index (χ0v) is 18.4. The predicted octanol–water partition coefficient (Wildman–Crippen LogP) is 4.93. The second-order valence-electron chi connectivity index (χ2n) is 7.71. The number of urea groups is 2. The van der Waals surface area contributed by atoms with Crippen LogP contribution in [0, 0.1) is 6.92 Å². The van der Waals surface area contributed by atoms with E-state index in [1.807, 2.05) is 43.3 Å². The van der Waals surface area contributed by atoms with E-state index in [4.69, 9.17) is 0 Å². The highest BCUT2D eigenvalue weighted by molar-refractivity contribution is 6.20. The normalized spacial score (nSPS) is 10.6. The van der Waals surface area contributed by atoms with Crippen LogP contribution in [0.2, 0.25) is 0 Å². The number of aryl methyl sites for hydroxylation is 1. The summed E-state index contributed by atoms with van der Waals surface area (Å²) in [5, 5.41) is 3.07. The monoisotopic (exact) mass is 440 g/mol. The first kappa shape index (κ1) is 21.8. The van der Waals surface area contributed by atoms with E-state index in [-0.39, 0.29) is 6.41 Å². The summed E-state index contributed by atoms with van der Waals surface area (Å²) in [4.78, 5) is 39.0. The number of carbonyl (C=O) groups excluding carboxylic acids is 3. The molecule has 166 valence electrons. The molecule has 0 atom stereocenters. The van der Waals surface area contributed by atoms with E-state index in [9.17, 15) is 14.4 Å². The molecule has 7 nitrogen and oxygen atoms in total. The minimum atomic E-state index is -0.820. The lowest BCUT2D eigenvalue weighted by Gasteiger charge is -2.26. The third kappa shape index (κ3) is 4.48. The van der Waals surface area contributed by atoms with E-state index in [1.165, 1.54) is 10.5 Å². The number of fused-ring (bicyclic) bond motifs is 1. The highest BCUT2D eigenvalue weighted by Crippen LogP contribution is 2.28. The molecule has 0 unspecified atom stereocenters. The number of hydrogen-bond donors (Lipinski definition) is 1. The summed E-state index contributed by atoms with van der Waals surface area (Å²) in [6.45, 7) is 2.77. The molecule has 0 fully saturated rings. The fraction of sp³-hybridized carbons (Fsp3) is 0.115. The van der Waals surface area contributed by atoms with Gasteiger partial charge in [0.1, 0.15) is 0 Å². The van der Waals surface area contributed by atoms with Crippen LogP contribution in [0.25, 0.3) is 10.9 Å². The molecule has 1 heterocycles. The Morgan fingerprint density at radius 3 is 2.27 bits per heavy atom. The van der Waals surface area contributed by atoms with E-state index in [0.717, 1.165) is 27.9 Å². The second kappa shape index (κ2) is 9.40. The van der Waals surface area contributed by atoms with Crippen molar-refractivity contribution in [1.82, 2.24) is 9.88 Å². The quantitative estimate of drug-likeness (QED) is 0.447. The van der Waals surface area contributed by atoms with E-state index in [0.29, 0.717) is 11.4 Å². The van der Waals surface area contributed by atoms with Gasteiger partial charge in [0.25, 0.3) is 0 Å². The number of nitrogens with zero attached hydrogens (tertiary/aromatic N) is 3. The lowest BCUT2D eigenvalue weighted by atomic mass is 10.1. The van der Waals surface area contributed by atoms with Crippen molar-refractivity contribution >= 4 is 40.8 Å². The third-order valence-electron chi connectivity index (χ3n) is 5.53. The van der Waals surface area contributed by atoms with Crippen molar-refractivity contribution < 1.29 is 14.4 Å². The minimum Gasteiger partial charge on any atom is -0.343 e. The van der Waals surface area contributed by atoms with Crippen molar-refractivity contribution in [3.05, 3.63) is 96.2 Å². The highest BCUT2D eigenvalue weighted by Gasteiger charge is 2.27. The molecule has 0 aliphatic heterocycles. The molecule has 4 aromatic rings. The molecule has 0 saturated heterocycles. The van der Waals surface area contributed by atoms with Crippen LogP contribution in [0.5, 0.6) is 0 Å². The molecule has 4 rings (SSSR count). The molecule has 0 aliphatic rings. The summed E-state index contributed by atoms with van der Waals surface area (Å²) >= 11 is 0. The topological polar surface area (TPSA) is 74.7 Å². The number of aromatic nitrogens is 1. The van der Waals surface area contributed by atoms with Crippen molar-refractivity contribution in [3.8, 4) is 0 Å². The number of para-hydroxylation sites is 1. The van der Waals surface area contributed by atoms with Crippen LogP contribution < -0.4 is 15.1 Å². The Balaban J connectivity index is 1.66. The highest BCUT2D eigenvalue weighted by atomic mass is 16.2. The SMILES string of the molecule is Cc1cn(Cc2ccccc2)c2ccc(N(C)C(=O)N(C(=O)NC=O)c3ccccc3)cc12. The van der Waals surface area contributed by atoms with Crippen molar-refractivity contribution in [1.29, 1.82) is 0 Å². The van der Waals surface area contributed by atoms with Gasteiger partial charge in [0.15, 0.2) is 0 Å². The summed E-state index contributed by atoms with van der Waals surface area (Å²) < 4.78 is 2.18. The van der Waals surface area contributed by atoms with Crippen molar-refractivity contribution in [2.75, 3.05) is 16.8 Å². The fourth-order valence-corrected chi connectivity index (χ4v) is 3.85. The van der Waals surface area contributed by atoms with Crippen LogP contribution in [0.3, 0.4) is 0 Å². The second-order valence-corrected chi connectivity index (χ2v) is 7.71. The molecular weight excluding hydrogens is 416 g/mol. The van der Waals surface area contributed by atoms with Crippen LogP contribution in [-0.2, 0) is 11.3 Å². The Labute approximate surface area is 191 Å². The first-order valence-corrected chi connectivity index (χ1v) is 10.5. The zero-order valence-electron chi connectivity index (χ0n) is 18.4. The number of anilines is 2. The van der Waals surface area contributed by atoms with E-state index < -0.39 is 12.1 Å². The number of rotatable bonds is 5. The van der Waals surface area contributed by atoms with Crippen LogP contribution in [0.15, 0.2) is 85.1 Å². The maximum atomic E-state index is 13.3. The van der Waals surface area contributed by atoms with E-state index in [1.54, 1.807) is 37.4 Å². The van der Waals surface area contributed by atoms with Crippen molar-refractivity contribution in [2.45, 2.75) is 13.5 Å². The van der Waals surface area contributed by atoms with Gasteiger partial charge in [-0.3, -0.25) is 15.0 Å². The summed E-state index contributed by atoms with van der Waals surface area (Å²) in [6.07, 6.45) is 2.35. The lowest BCUT2D eigenvalue weighted by Crippen LogP contribution is -2.49. The smallest absolute Gasteiger partial charge is 0.337 e. The Morgan fingerprint density at radius 2 is 1.61 bits per heavy atom. The van der Waals surface area contributed by atoms with Gasteiger partial charge in [-0.1, -0.05) is 48.5 Å². The van der Waals surface area contributed by atoms with Crippen LogP contribution >= 0.6 is 0 Å². The number of hydrogen-bond acceptors (Lipinski definition) is 3. The van der Waals surface area contributed by atoms with E-state index >= 15 is 0 Å². The standard InChI is InChI=1S/C26H24N4O3/c1-19-16-29(17-20-9-5-3-6-10-20)24-14-13-22(15-23(19)24)28(2)26(33)30(25(32)27-18-31)21-11-7-4-8-12-21/h3-16,18H,17H2,1-2H3,(H,27,31,32). The van der Waals surface area contributed by atoms with Gasteiger partial charge in [-0.15, -0.1) is 0 Å². The molecule has 33 heavy (non-hydrogen) atoms. The maximum absolute atomic E-state index is 13.3. The van der Waals surface area contributed by atoms with Gasteiger partial charge in [0, 0.05) is 36.4 Å². The Morgan fingerprint density at radius 1 is 0.939 bits per heavy atom. The van der Waals surface area contributed by atoms with Gasteiger partial charge in [0.05, 0.1) is 5.69 Å². The van der Waals surface area contributed by atoms with Gasteiger partial charge >= 0.3 is 12.1 Å². The molecule has 5 amide bonds. The van der Waals surface area contributed by atoms with Gasteiger partial charge in [-0.25, -0.2) is 14.5 Å². The molecule has 1 N–H and O–H groups in total. The number of carbonyl (C=O) groups is 3. The molecule has 0 saturated carbocycles. The lowest BCUT2D eigenvalue weighted by molar-refractivity contribution is -0.108.